The van der Waals surface area contributed by atoms with E-state index < -0.39 is 9.84 Å². The van der Waals surface area contributed by atoms with E-state index >= 15 is 0 Å². The third-order valence-corrected chi connectivity index (χ3v) is 6.87. The Kier molecular flexibility index (Phi) is 3.90. The number of fused-ring (bicyclic) bond motifs is 1. The molecule has 8 heteroatoms. The summed E-state index contributed by atoms with van der Waals surface area (Å²) >= 11 is 1.35. The van der Waals surface area contributed by atoms with Crippen LogP contribution in [0.1, 0.15) is 6.92 Å². The summed E-state index contributed by atoms with van der Waals surface area (Å²) in [5.74, 6) is 0.513. The van der Waals surface area contributed by atoms with Gasteiger partial charge in [0, 0.05) is 12.2 Å². The number of para-hydroxylation sites is 2. The SMILES string of the molecule is COc1ccccc1N1C(=NC(C)=O)S[C@@H]2CS(=O)(=O)C[C@H]21. The summed E-state index contributed by atoms with van der Waals surface area (Å²) in [5, 5.41) is 0.440. The Balaban J connectivity index is 2.08. The van der Waals surface area contributed by atoms with E-state index in [2.05, 4.69) is 4.99 Å². The van der Waals surface area contributed by atoms with Crippen LogP contribution >= 0.6 is 11.8 Å². The van der Waals surface area contributed by atoms with Crippen molar-refractivity contribution in [1.82, 2.24) is 0 Å². The van der Waals surface area contributed by atoms with E-state index in [4.69, 9.17) is 4.74 Å². The molecule has 2 saturated heterocycles. The zero-order valence-corrected chi connectivity index (χ0v) is 13.9. The summed E-state index contributed by atoms with van der Waals surface area (Å²) in [4.78, 5) is 17.3. The van der Waals surface area contributed by atoms with Crippen LogP contribution in [0, 0.1) is 0 Å². The van der Waals surface area contributed by atoms with Crippen LogP contribution in [0.3, 0.4) is 0 Å². The Morgan fingerprint density at radius 3 is 2.77 bits per heavy atom. The van der Waals surface area contributed by atoms with Crippen LogP contribution in [0.5, 0.6) is 5.75 Å². The standard InChI is InChI=1S/C14H16N2O4S2/c1-9(17)15-14-16(10-5-3-4-6-12(10)20-2)11-7-22(18,19)8-13(11)21-14/h3-6,11,13H,7-8H2,1-2H3/t11-,13-/m1/s1. The van der Waals surface area contributed by atoms with Gasteiger partial charge in [-0.25, -0.2) is 8.42 Å². The number of benzene rings is 1. The lowest BCUT2D eigenvalue weighted by Crippen LogP contribution is -2.37. The molecule has 0 saturated carbocycles. The average Bonchev–Trinajstić information content (AvgIpc) is 2.89. The fourth-order valence-electron chi connectivity index (χ4n) is 2.81. The Labute approximate surface area is 133 Å². The van der Waals surface area contributed by atoms with Gasteiger partial charge >= 0.3 is 0 Å². The Hall–Kier alpha value is -1.54. The second-order valence-corrected chi connectivity index (χ2v) is 8.62. The lowest BCUT2D eigenvalue weighted by Gasteiger charge is -2.26. The van der Waals surface area contributed by atoms with Crippen LogP contribution in [-0.2, 0) is 14.6 Å². The Morgan fingerprint density at radius 2 is 2.09 bits per heavy atom. The van der Waals surface area contributed by atoms with Crippen molar-refractivity contribution >= 4 is 38.4 Å². The molecule has 2 fully saturated rings. The van der Waals surface area contributed by atoms with Crippen molar-refractivity contribution in [3.8, 4) is 5.75 Å². The molecule has 2 aliphatic rings. The minimum absolute atomic E-state index is 0.0691. The van der Waals surface area contributed by atoms with Gasteiger partial charge in [-0.1, -0.05) is 23.9 Å². The second kappa shape index (κ2) is 5.58. The number of anilines is 1. The monoisotopic (exact) mass is 340 g/mol. The van der Waals surface area contributed by atoms with E-state index in [1.54, 1.807) is 7.11 Å². The summed E-state index contributed by atoms with van der Waals surface area (Å²) in [6.07, 6.45) is 0. The summed E-state index contributed by atoms with van der Waals surface area (Å²) in [6, 6.07) is 7.13. The fraction of sp³-hybridized carbons (Fsp3) is 0.429. The topological polar surface area (TPSA) is 76.0 Å². The maximum absolute atomic E-state index is 11.9. The van der Waals surface area contributed by atoms with E-state index in [1.165, 1.54) is 18.7 Å². The average molecular weight is 340 g/mol. The minimum Gasteiger partial charge on any atom is -0.495 e. The molecule has 1 amide bonds. The van der Waals surface area contributed by atoms with Gasteiger partial charge in [-0.05, 0) is 12.1 Å². The van der Waals surface area contributed by atoms with Crippen molar-refractivity contribution in [3.05, 3.63) is 24.3 Å². The molecule has 0 radical (unpaired) electrons. The number of nitrogens with zero attached hydrogens (tertiary/aromatic N) is 2. The molecule has 2 atom stereocenters. The van der Waals surface area contributed by atoms with E-state index in [0.29, 0.717) is 10.9 Å². The number of hydrogen-bond donors (Lipinski definition) is 0. The van der Waals surface area contributed by atoms with Gasteiger partial charge in [0.2, 0.25) is 5.91 Å². The number of amidine groups is 1. The molecule has 0 N–H and O–H groups in total. The molecule has 118 valence electrons. The predicted octanol–water partition coefficient (Wildman–Crippen LogP) is 1.32. The van der Waals surface area contributed by atoms with Crippen LogP contribution in [-0.4, -0.2) is 49.4 Å². The van der Waals surface area contributed by atoms with Crippen LogP contribution in [0.2, 0.25) is 0 Å². The van der Waals surface area contributed by atoms with Gasteiger partial charge in [0.05, 0.1) is 30.3 Å². The van der Waals surface area contributed by atoms with Crippen molar-refractivity contribution in [2.45, 2.75) is 18.2 Å². The highest BCUT2D eigenvalue weighted by Crippen LogP contribution is 2.43. The number of ether oxygens (including phenoxy) is 1. The number of hydrogen-bond acceptors (Lipinski definition) is 5. The molecule has 2 heterocycles. The summed E-state index contributed by atoms with van der Waals surface area (Å²) in [5.41, 5.74) is 0.738. The first-order valence-corrected chi connectivity index (χ1v) is 9.50. The highest BCUT2D eigenvalue weighted by atomic mass is 32.2. The fourth-order valence-corrected chi connectivity index (χ4v) is 6.76. The third kappa shape index (κ3) is 2.72. The van der Waals surface area contributed by atoms with Gasteiger partial charge in [-0.2, -0.15) is 4.99 Å². The van der Waals surface area contributed by atoms with Crippen molar-refractivity contribution in [1.29, 1.82) is 0 Å². The zero-order valence-electron chi connectivity index (χ0n) is 12.2. The number of thioether (sulfide) groups is 1. The molecule has 0 unspecified atom stereocenters. The molecule has 6 nitrogen and oxygen atoms in total. The van der Waals surface area contributed by atoms with Gasteiger partial charge in [-0.15, -0.1) is 0 Å². The van der Waals surface area contributed by atoms with Crippen LogP contribution in [0.4, 0.5) is 5.69 Å². The molecule has 0 aromatic heterocycles. The van der Waals surface area contributed by atoms with Crippen molar-refractivity contribution in [3.63, 3.8) is 0 Å². The van der Waals surface area contributed by atoms with E-state index in [-0.39, 0.29) is 28.7 Å². The van der Waals surface area contributed by atoms with E-state index in [9.17, 15) is 13.2 Å². The number of aliphatic imine (C=N–C) groups is 1. The van der Waals surface area contributed by atoms with Crippen molar-refractivity contribution in [2.24, 2.45) is 4.99 Å². The number of amides is 1. The number of carbonyl (C=O) groups is 1. The molecule has 1 aromatic rings. The van der Waals surface area contributed by atoms with Gasteiger partial charge in [0.15, 0.2) is 15.0 Å². The zero-order chi connectivity index (χ0) is 15.9. The predicted molar refractivity (Wildman–Crippen MR) is 87.4 cm³/mol. The molecule has 1 aromatic carbocycles. The van der Waals surface area contributed by atoms with Crippen LogP contribution < -0.4 is 9.64 Å². The molecular formula is C14H16N2O4S2. The normalized spacial score (nSPS) is 27.9. The molecular weight excluding hydrogens is 324 g/mol. The van der Waals surface area contributed by atoms with Gasteiger partial charge in [-0.3, -0.25) is 4.79 Å². The number of carbonyl (C=O) groups excluding carboxylic acids is 1. The first-order chi connectivity index (χ1) is 10.4. The highest BCUT2D eigenvalue weighted by molar-refractivity contribution is 8.16. The first-order valence-electron chi connectivity index (χ1n) is 6.80. The molecule has 3 rings (SSSR count). The first kappa shape index (κ1) is 15.4. The Bertz CT molecular complexity index is 745. The number of rotatable bonds is 2. The van der Waals surface area contributed by atoms with E-state index in [1.807, 2.05) is 29.2 Å². The summed E-state index contributed by atoms with van der Waals surface area (Å²) in [6.45, 7) is 1.39. The third-order valence-electron chi connectivity index (χ3n) is 3.66. The maximum atomic E-state index is 11.9. The van der Waals surface area contributed by atoms with Crippen LogP contribution in [0.15, 0.2) is 29.3 Å². The van der Waals surface area contributed by atoms with Crippen LogP contribution in [0.25, 0.3) is 0 Å². The molecule has 2 aliphatic heterocycles. The van der Waals surface area contributed by atoms with E-state index in [0.717, 1.165) is 5.69 Å². The Morgan fingerprint density at radius 1 is 1.36 bits per heavy atom. The molecule has 0 aliphatic carbocycles. The lowest BCUT2D eigenvalue weighted by atomic mass is 10.2. The summed E-state index contributed by atoms with van der Waals surface area (Å²) < 4.78 is 29.2. The number of methoxy groups -OCH3 is 1. The van der Waals surface area contributed by atoms with Crippen molar-refractivity contribution < 1.29 is 17.9 Å². The van der Waals surface area contributed by atoms with Gasteiger partial charge in [0.25, 0.3) is 0 Å². The van der Waals surface area contributed by atoms with Crippen molar-refractivity contribution in [2.75, 3.05) is 23.5 Å². The smallest absolute Gasteiger partial charge is 0.244 e. The second-order valence-electron chi connectivity index (χ2n) is 5.26. The molecule has 22 heavy (non-hydrogen) atoms. The molecule has 0 spiro atoms. The quantitative estimate of drug-likeness (QED) is 0.808. The lowest BCUT2D eigenvalue weighted by molar-refractivity contribution is -0.115. The highest BCUT2D eigenvalue weighted by Gasteiger charge is 2.49. The largest absolute Gasteiger partial charge is 0.495 e. The maximum Gasteiger partial charge on any atom is 0.244 e. The van der Waals surface area contributed by atoms with Gasteiger partial charge in [0.1, 0.15) is 5.75 Å². The summed E-state index contributed by atoms with van der Waals surface area (Å²) in [7, 11) is -1.50. The minimum atomic E-state index is -3.06. The number of sulfone groups is 1. The van der Waals surface area contributed by atoms with Gasteiger partial charge < -0.3 is 9.64 Å². The molecule has 0 bridgehead atoms.